The van der Waals surface area contributed by atoms with Crippen molar-refractivity contribution in [2.45, 2.75) is 30.8 Å². The molecule has 2 amide bonds. The molecule has 1 aromatic rings. The molecule has 1 aliphatic heterocycles. The van der Waals surface area contributed by atoms with Crippen LogP contribution in [0.2, 0.25) is 0 Å². The monoisotopic (exact) mass is 355 g/mol. The minimum atomic E-state index is -1.03. The Bertz CT molecular complexity index is 520. The number of nitrogens with zero attached hydrogens (tertiary/aromatic N) is 1. The Balaban J connectivity index is 2.16. The van der Waals surface area contributed by atoms with Gasteiger partial charge in [0.25, 0.3) is 0 Å². The van der Waals surface area contributed by atoms with Gasteiger partial charge in [-0.1, -0.05) is 60.1 Å². The molecule has 1 N–H and O–H groups in total. The molecule has 1 aromatic carbocycles. The van der Waals surface area contributed by atoms with E-state index >= 15 is 0 Å². The van der Waals surface area contributed by atoms with Crippen molar-refractivity contribution in [3.8, 4) is 0 Å². The van der Waals surface area contributed by atoms with Crippen molar-refractivity contribution in [2.24, 2.45) is 5.92 Å². The molecular formula is C15H18BrNO4. The standard InChI is InChI=1S/C15H18BrNO4/c1-9(2)11-8-21-15(20)17(11)14(19)12(16)13(18)10-6-4-3-5-7-10/h3-7,9,11-13,18H,8H2,1-2H3/t11-,12+,13-/m1/s1. The van der Waals surface area contributed by atoms with Crippen LogP contribution >= 0.6 is 15.9 Å². The van der Waals surface area contributed by atoms with E-state index in [9.17, 15) is 14.7 Å². The molecule has 0 radical (unpaired) electrons. The van der Waals surface area contributed by atoms with Gasteiger partial charge < -0.3 is 9.84 Å². The third kappa shape index (κ3) is 3.27. The highest BCUT2D eigenvalue weighted by atomic mass is 79.9. The Morgan fingerprint density at radius 3 is 2.57 bits per heavy atom. The van der Waals surface area contributed by atoms with Gasteiger partial charge >= 0.3 is 6.09 Å². The van der Waals surface area contributed by atoms with E-state index in [4.69, 9.17) is 4.74 Å². The summed E-state index contributed by atoms with van der Waals surface area (Å²) in [6.45, 7) is 4.04. The van der Waals surface area contributed by atoms with Crippen LogP contribution in [-0.2, 0) is 9.53 Å². The molecule has 0 aromatic heterocycles. The largest absolute Gasteiger partial charge is 0.447 e. The second-order valence-corrected chi connectivity index (χ2v) is 6.34. The first kappa shape index (κ1) is 16.0. The van der Waals surface area contributed by atoms with Crippen LogP contribution in [0.15, 0.2) is 30.3 Å². The van der Waals surface area contributed by atoms with Crippen molar-refractivity contribution in [2.75, 3.05) is 6.61 Å². The Labute approximate surface area is 132 Å². The minimum absolute atomic E-state index is 0.0916. The Hall–Kier alpha value is -1.40. The molecule has 0 unspecified atom stereocenters. The summed E-state index contributed by atoms with van der Waals surface area (Å²) < 4.78 is 4.96. The Kier molecular flexibility index (Phi) is 5.00. The molecule has 6 heteroatoms. The quantitative estimate of drug-likeness (QED) is 0.842. The lowest BCUT2D eigenvalue weighted by Crippen LogP contribution is -2.46. The molecule has 0 saturated carbocycles. The highest BCUT2D eigenvalue weighted by Crippen LogP contribution is 2.28. The average Bonchev–Trinajstić information content (AvgIpc) is 2.87. The summed E-state index contributed by atoms with van der Waals surface area (Å²) in [4.78, 5) is 24.5. The van der Waals surface area contributed by atoms with Crippen molar-refractivity contribution in [3.05, 3.63) is 35.9 Å². The number of hydrogen-bond acceptors (Lipinski definition) is 4. The van der Waals surface area contributed by atoms with Crippen LogP contribution in [0.5, 0.6) is 0 Å². The maximum absolute atomic E-state index is 12.5. The van der Waals surface area contributed by atoms with E-state index in [2.05, 4.69) is 15.9 Å². The van der Waals surface area contributed by atoms with Crippen molar-refractivity contribution in [1.29, 1.82) is 0 Å². The van der Waals surface area contributed by atoms with Crippen LogP contribution in [0.3, 0.4) is 0 Å². The molecule has 5 nitrogen and oxygen atoms in total. The number of carbonyl (C=O) groups excluding carboxylic acids is 2. The number of benzene rings is 1. The SMILES string of the molecule is CC(C)[C@H]1COC(=O)N1C(=O)[C@@H](Br)[C@H](O)c1ccccc1. The van der Waals surface area contributed by atoms with Gasteiger partial charge in [0, 0.05) is 0 Å². The molecule has 1 saturated heterocycles. The number of halogens is 1. The summed E-state index contributed by atoms with van der Waals surface area (Å²) >= 11 is 3.21. The van der Waals surface area contributed by atoms with Crippen LogP contribution in [0.1, 0.15) is 25.5 Å². The van der Waals surface area contributed by atoms with Gasteiger partial charge in [0.15, 0.2) is 0 Å². The van der Waals surface area contributed by atoms with Gasteiger partial charge in [-0.3, -0.25) is 4.79 Å². The number of alkyl halides is 1. The smallest absolute Gasteiger partial charge is 0.417 e. The molecule has 1 heterocycles. The highest BCUT2D eigenvalue weighted by molar-refractivity contribution is 9.10. The predicted octanol–water partition coefficient (Wildman–Crippen LogP) is 2.49. The Morgan fingerprint density at radius 1 is 1.38 bits per heavy atom. The first-order chi connectivity index (χ1) is 9.93. The van der Waals surface area contributed by atoms with Crippen molar-refractivity contribution in [1.82, 2.24) is 4.90 Å². The third-order valence-corrected chi connectivity index (χ3v) is 4.46. The first-order valence-corrected chi connectivity index (χ1v) is 7.72. The summed E-state index contributed by atoms with van der Waals surface area (Å²) in [7, 11) is 0. The minimum Gasteiger partial charge on any atom is -0.447 e. The lowest BCUT2D eigenvalue weighted by molar-refractivity contribution is -0.130. The fourth-order valence-corrected chi connectivity index (χ4v) is 2.79. The maximum atomic E-state index is 12.5. The number of cyclic esters (lactones) is 1. The lowest BCUT2D eigenvalue weighted by Gasteiger charge is -2.26. The molecule has 114 valence electrons. The maximum Gasteiger partial charge on any atom is 0.417 e. The zero-order chi connectivity index (χ0) is 15.6. The normalized spacial score (nSPS) is 21.3. The summed E-state index contributed by atoms with van der Waals surface area (Å²) in [6.07, 6.45) is -1.68. The first-order valence-electron chi connectivity index (χ1n) is 6.80. The van der Waals surface area contributed by atoms with Crippen LogP contribution in [0, 0.1) is 5.92 Å². The van der Waals surface area contributed by atoms with E-state index in [0.29, 0.717) is 5.56 Å². The van der Waals surface area contributed by atoms with E-state index in [1.165, 1.54) is 0 Å². The van der Waals surface area contributed by atoms with Gasteiger partial charge in [-0.05, 0) is 11.5 Å². The number of ether oxygens (including phenoxy) is 1. The molecule has 1 fully saturated rings. The number of amides is 2. The van der Waals surface area contributed by atoms with Gasteiger partial charge in [-0.15, -0.1) is 0 Å². The molecule has 21 heavy (non-hydrogen) atoms. The van der Waals surface area contributed by atoms with E-state index in [1.807, 2.05) is 19.9 Å². The van der Waals surface area contributed by atoms with Gasteiger partial charge in [-0.25, -0.2) is 9.69 Å². The number of imide groups is 1. The average molecular weight is 356 g/mol. The van der Waals surface area contributed by atoms with Gasteiger partial charge in [0.1, 0.15) is 17.5 Å². The van der Waals surface area contributed by atoms with Crippen LogP contribution in [-0.4, -0.2) is 39.5 Å². The topological polar surface area (TPSA) is 66.8 Å². The van der Waals surface area contributed by atoms with Crippen LogP contribution < -0.4 is 0 Å². The molecule has 1 aliphatic rings. The molecular weight excluding hydrogens is 338 g/mol. The van der Waals surface area contributed by atoms with Crippen molar-refractivity contribution in [3.63, 3.8) is 0 Å². The van der Waals surface area contributed by atoms with Gasteiger partial charge in [0.05, 0.1) is 6.04 Å². The predicted molar refractivity (Wildman–Crippen MR) is 80.9 cm³/mol. The summed E-state index contributed by atoms with van der Waals surface area (Å²) in [5.74, 6) is -0.387. The van der Waals surface area contributed by atoms with Crippen LogP contribution in [0.4, 0.5) is 4.79 Å². The molecule has 3 atom stereocenters. The van der Waals surface area contributed by atoms with Crippen LogP contribution in [0.25, 0.3) is 0 Å². The highest BCUT2D eigenvalue weighted by Gasteiger charge is 2.43. The van der Waals surface area contributed by atoms with E-state index in [-0.39, 0.29) is 18.6 Å². The summed E-state index contributed by atoms with van der Waals surface area (Å²) in [5.41, 5.74) is 0.612. The molecule has 2 rings (SSSR count). The number of hydrogen-bond donors (Lipinski definition) is 1. The van der Waals surface area contributed by atoms with Gasteiger partial charge in [-0.2, -0.15) is 0 Å². The van der Waals surface area contributed by atoms with Gasteiger partial charge in [0.2, 0.25) is 5.91 Å². The zero-order valence-corrected chi connectivity index (χ0v) is 13.5. The molecule has 0 bridgehead atoms. The number of aliphatic hydroxyl groups excluding tert-OH is 1. The van der Waals surface area contributed by atoms with E-state index in [0.717, 1.165) is 4.90 Å². The van der Waals surface area contributed by atoms with E-state index < -0.39 is 22.9 Å². The van der Waals surface area contributed by atoms with Crippen molar-refractivity contribution < 1.29 is 19.4 Å². The number of aliphatic hydroxyl groups is 1. The Morgan fingerprint density at radius 2 is 2.00 bits per heavy atom. The second kappa shape index (κ2) is 6.58. The summed E-state index contributed by atoms with van der Waals surface area (Å²) in [5, 5.41) is 10.3. The molecule has 0 spiro atoms. The third-order valence-electron chi connectivity index (χ3n) is 3.57. The fourth-order valence-electron chi connectivity index (χ4n) is 2.27. The lowest BCUT2D eigenvalue weighted by atomic mass is 10.0. The summed E-state index contributed by atoms with van der Waals surface area (Å²) in [6, 6.07) is 8.55. The number of rotatable bonds is 4. The van der Waals surface area contributed by atoms with E-state index in [1.54, 1.807) is 24.3 Å². The van der Waals surface area contributed by atoms with Crippen molar-refractivity contribution >= 4 is 27.9 Å². The zero-order valence-electron chi connectivity index (χ0n) is 11.9. The molecule has 0 aliphatic carbocycles. The number of carbonyl (C=O) groups is 2. The second-order valence-electron chi connectivity index (χ2n) is 5.35. The fraction of sp³-hybridized carbons (Fsp3) is 0.467.